The molecule has 0 aromatic heterocycles. The minimum absolute atomic E-state index is 0.0993. The largest absolute Gasteiger partial charge is 0.398 e. The summed E-state index contributed by atoms with van der Waals surface area (Å²) < 4.78 is 0. The molecule has 98 valence electrons. The number of rotatable bonds is 4. The Morgan fingerprint density at radius 2 is 2.00 bits per heavy atom. The maximum absolute atomic E-state index is 10.7. The fourth-order valence-corrected chi connectivity index (χ4v) is 1.85. The predicted molar refractivity (Wildman–Crippen MR) is 76.0 cm³/mol. The Kier molecular flexibility index (Phi) is 3.66. The lowest BCUT2D eigenvalue weighted by molar-refractivity contribution is -0.384. The number of benzene rings is 2. The SMILES string of the molecule is Cc1cc([N+](=O)[O-])ccc1NCc1ccccc1N. The molecule has 0 atom stereocenters. The van der Waals surface area contributed by atoms with Crippen LogP contribution in [0.25, 0.3) is 0 Å². The van der Waals surface area contributed by atoms with E-state index in [0.29, 0.717) is 6.54 Å². The molecule has 0 saturated carbocycles. The second-order valence-corrected chi connectivity index (χ2v) is 4.31. The first kappa shape index (κ1) is 12.9. The van der Waals surface area contributed by atoms with Crippen LogP contribution >= 0.6 is 0 Å². The van der Waals surface area contributed by atoms with Crippen LogP contribution in [0.1, 0.15) is 11.1 Å². The van der Waals surface area contributed by atoms with Crippen LogP contribution in [-0.2, 0) is 6.54 Å². The Bertz CT molecular complexity index is 611. The molecule has 0 saturated heterocycles. The Balaban J connectivity index is 2.12. The summed E-state index contributed by atoms with van der Waals surface area (Å²) in [5.41, 5.74) is 9.39. The third-order valence-electron chi connectivity index (χ3n) is 2.95. The molecule has 0 fully saturated rings. The molecule has 0 spiro atoms. The summed E-state index contributed by atoms with van der Waals surface area (Å²) in [7, 11) is 0. The molecular formula is C14H15N3O2. The van der Waals surface area contributed by atoms with E-state index < -0.39 is 4.92 Å². The van der Waals surface area contributed by atoms with E-state index in [1.54, 1.807) is 12.1 Å². The summed E-state index contributed by atoms with van der Waals surface area (Å²) in [6.45, 7) is 2.43. The van der Waals surface area contributed by atoms with Gasteiger partial charge in [0.1, 0.15) is 0 Å². The molecule has 2 aromatic rings. The highest BCUT2D eigenvalue weighted by Crippen LogP contribution is 2.22. The minimum Gasteiger partial charge on any atom is -0.398 e. The van der Waals surface area contributed by atoms with Gasteiger partial charge < -0.3 is 11.1 Å². The number of nitrogen functional groups attached to an aromatic ring is 1. The normalized spacial score (nSPS) is 10.2. The van der Waals surface area contributed by atoms with E-state index in [1.807, 2.05) is 31.2 Å². The van der Waals surface area contributed by atoms with Crippen LogP contribution in [0.3, 0.4) is 0 Å². The summed E-state index contributed by atoms with van der Waals surface area (Å²) in [4.78, 5) is 10.3. The van der Waals surface area contributed by atoms with Crippen molar-refractivity contribution in [3.63, 3.8) is 0 Å². The molecule has 0 amide bonds. The second kappa shape index (κ2) is 5.39. The van der Waals surface area contributed by atoms with Crippen LogP contribution < -0.4 is 11.1 Å². The number of nitro benzene ring substituents is 1. The van der Waals surface area contributed by atoms with Crippen LogP contribution in [0, 0.1) is 17.0 Å². The molecule has 0 unspecified atom stereocenters. The summed E-state index contributed by atoms with van der Waals surface area (Å²) >= 11 is 0. The molecule has 2 rings (SSSR count). The van der Waals surface area contributed by atoms with Gasteiger partial charge in [-0.2, -0.15) is 0 Å². The Morgan fingerprint density at radius 1 is 1.26 bits per heavy atom. The second-order valence-electron chi connectivity index (χ2n) is 4.31. The zero-order chi connectivity index (χ0) is 13.8. The van der Waals surface area contributed by atoms with Crippen molar-refractivity contribution in [1.29, 1.82) is 0 Å². The smallest absolute Gasteiger partial charge is 0.269 e. The summed E-state index contributed by atoms with van der Waals surface area (Å²) in [6, 6.07) is 12.4. The van der Waals surface area contributed by atoms with Gasteiger partial charge in [0.25, 0.3) is 5.69 Å². The van der Waals surface area contributed by atoms with E-state index in [9.17, 15) is 10.1 Å². The number of anilines is 2. The summed E-state index contributed by atoms with van der Waals surface area (Å²) in [5.74, 6) is 0. The van der Waals surface area contributed by atoms with Crippen LogP contribution in [0.15, 0.2) is 42.5 Å². The van der Waals surface area contributed by atoms with Gasteiger partial charge in [0, 0.05) is 30.1 Å². The predicted octanol–water partition coefficient (Wildman–Crippen LogP) is 3.10. The molecule has 2 aromatic carbocycles. The summed E-state index contributed by atoms with van der Waals surface area (Å²) in [6.07, 6.45) is 0. The van der Waals surface area contributed by atoms with E-state index in [-0.39, 0.29) is 5.69 Å². The van der Waals surface area contributed by atoms with Gasteiger partial charge in [-0.3, -0.25) is 10.1 Å². The fourth-order valence-electron chi connectivity index (χ4n) is 1.85. The maximum atomic E-state index is 10.7. The van der Waals surface area contributed by atoms with Gasteiger partial charge >= 0.3 is 0 Å². The fraction of sp³-hybridized carbons (Fsp3) is 0.143. The van der Waals surface area contributed by atoms with Crippen molar-refractivity contribution >= 4 is 17.1 Å². The van der Waals surface area contributed by atoms with E-state index in [2.05, 4.69) is 5.32 Å². The molecule has 5 nitrogen and oxygen atoms in total. The molecule has 0 aliphatic heterocycles. The number of nitro groups is 1. The van der Waals surface area contributed by atoms with Gasteiger partial charge in [-0.25, -0.2) is 0 Å². The van der Waals surface area contributed by atoms with Crippen molar-refractivity contribution in [3.05, 3.63) is 63.7 Å². The van der Waals surface area contributed by atoms with Gasteiger partial charge in [-0.1, -0.05) is 18.2 Å². The van der Waals surface area contributed by atoms with Crippen LogP contribution in [0.4, 0.5) is 17.1 Å². The summed E-state index contributed by atoms with van der Waals surface area (Å²) in [5, 5.41) is 13.9. The highest BCUT2D eigenvalue weighted by molar-refractivity contribution is 5.57. The van der Waals surface area contributed by atoms with E-state index in [4.69, 9.17) is 5.73 Å². The molecule has 19 heavy (non-hydrogen) atoms. The molecule has 3 N–H and O–H groups in total. The number of nitrogens with one attached hydrogen (secondary N) is 1. The first-order chi connectivity index (χ1) is 9.08. The molecule has 0 bridgehead atoms. The first-order valence-corrected chi connectivity index (χ1v) is 5.90. The first-order valence-electron chi connectivity index (χ1n) is 5.90. The Labute approximate surface area is 111 Å². The maximum Gasteiger partial charge on any atom is 0.269 e. The van der Waals surface area contributed by atoms with Crippen LogP contribution in [0.2, 0.25) is 0 Å². The van der Waals surface area contributed by atoms with Gasteiger partial charge in [0.05, 0.1) is 4.92 Å². The number of nitrogens with zero attached hydrogens (tertiary/aromatic N) is 1. The van der Waals surface area contributed by atoms with Crippen molar-refractivity contribution in [3.8, 4) is 0 Å². The van der Waals surface area contributed by atoms with Crippen LogP contribution in [0.5, 0.6) is 0 Å². The van der Waals surface area contributed by atoms with Gasteiger partial charge in [0.2, 0.25) is 0 Å². The Hall–Kier alpha value is -2.56. The lowest BCUT2D eigenvalue weighted by atomic mass is 10.1. The van der Waals surface area contributed by atoms with Crippen molar-refractivity contribution in [2.75, 3.05) is 11.1 Å². The average molecular weight is 257 g/mol. The van der Waals surface area contributed by atoms with E-state index >= 15 is 0 Å². The van der Waals surface area contributed by atoms with Crippen molar-refractivity contribution < 1.29 is 4.92 Å². The van der Waals surface area contributed by atoms with Gasteiger partial charge in [-0.05, 0) is 30.2 Å². The lowest BCUT2D eigenvalue weighted by Crippen LogP contribution is -2.04. The molecule has 5 heteroatoms. The number of para-hydroxylation sites is 1. The van der Waals surface area contributed by atoms with Crippen LogP contribution in [-0.4, -0.2) is 4.92 Å². The van der Waals surface area contributed by atoms with Gasteiger partial charge in [0.15, 0.2) is 0 Å². The topological polar surface area (TPSA) is 81.2 Å². The molecular weight excluding hydrogens is 242 g/mol. The lowest BCUT2D eigenvalue weighted by Gasteiger charge is -2.10. The minimum atomic E-state index is -0.397. The number of hydrogen-bond acceptors (Lipinski definition) is 4. The van der Waals surface area contributed by atoms with Crippen molar-refractivity contribution in [2.45, 2.75) is 13.5 Å². The number of hydrogen-bond donors (Lipinski definition) is 2. The highest BCUT2D eigenvalue weighted by Gasteiger charge is 2.08. The average Bonchev–Trinajstić information content (AvgIpc) is 2.39. The monoisotopic (exact) mass is 257 g/mol. The molecule has 0 radical (unpaired) electrons. The van der Waals surface area contributed by atoms with E-state index in [1.165, 1.54) is 6.07 Å². The highest BCUT2D eigenvalue weighted by atomic mass is 16.6. The zero-order valence-electron chi connectivity index (χ0n) is 10.6. The van der Waals surface area contributed by atoms with Gasteiger partial charge in [-0.15, -0.1) is 0 Å². The molecule has 0 aliphatic carbocycles. The number of aryl methyl sites for hydroxylation is 1. The Morgan fingerprint density at radius 3 is 2.63 bits per heavy atom. The number of non-ortho nitro benzene ring substituents is 1. The third-order valence-corrected chi connectivity index (χ3v) is 2.95. The molecule has 0 heterocycles. The molecule has 0 aliphatic rings. The zero-order valence-corrected chi connectivity index (χ0v) is 10.6. The quantitative estimate of drug-likeness (QED) is 0.501. The van der Waals surface area contributed by atoms with E-state index in [0.717, 1.165) is 22.5 Å². The number of nitrogens with two attached hydrogens (primary N) is 1. The van der Waals surface area contributed by atoms with Crippen molar-refractivity contribution in [1.82, 2.24) is 0 Å². The third kappa shape index (κ3) is 3.01. The van der Waals surface area contributed by atoms with Crippen molar-refractivity contribution in [2.24, 2.45) is 0 Å². The standard InChI is InChI=1S/C14H15N3O2/c1-10-8-12(17(18)19)6-7-14(10)16-9-11-4-2-3-5-13(11)15/h2-8,16H,9,15H2,1H3.